The molecule has 0 N–H and O–H groups in total. The number of rotatable bonds is 2. The summed E-state index contributed by atoms with van der Waals surface area (Å²) < 4.78 is 12.9. The highest BCUT2D eigenvalue weighted by Crippen LogP contribution is 2.18. The lowest BCUT2D eigenvalue weighted by Crippen LogP contribution is -1.88. The predicted octanol–water partition coefficient (Wildman–Crippen LogP) is 3.27. The first-order valence-corrected chi connectivity index (χ1v) is 4.34. The van der Waals surface area contributed by atoms with Crippen LogP contribution in [0.2, 0.25) is 0 Å². The second-order valence-electron chi connectivity index (χ2n) is 2.53. The van der Waals surface area contributed by atoms with E-state index in [0.717, 1.165) is 10.0 Å². The van der Waals surface area contributed by atoms with Crippen LogP contribution < -0.4 is 0 Å². The van der Waals surface area contributed by atoms with E-state index in [9.17, 15) is 4.39 Å². The van der Waals surface area contributed by atoms with Crippen molar-refractivity contribution >= 4 is 15.9 Å². The molecule has 1 aromatic carbocycles. The van der Waals surface area contributed by atoms with E-state index in [1.807, 2.05) is 25.1 Å². The number of halogens is 2. The number of hydrogen-bond donors (Lipinski definition) is 0. The smallest absolute Gasteiger partial charge is 0.0935 e. The second kappa shape index (κ2) is 3.86. The van der Waals surface area contributed by atoms with Crippen LogP contribution in [0.1, 0.15) is 11.1 Å². The molecule has 0 spiro atoms. The topological polar surface area (TPSA) is 0 Å². The zero-order valence-corrected chi connectivity index (χ0v) is 7.99. The first kappa shape index (κ1) is 8.72. The van der Waals surface area contributed by atoms with Crippen LogP contribution in [0.4, 0.5) is 4.39 Å². The monoisotopic (exact) mass is 216 g/mol. The number of benzene rings is 1. The van der Waals surface area contributed by atoms with Gasteiger partial charge in [-0.15, -0.1) is 0 Å². The first-order valence-electron chi connectivity index (χ1n) is 3.55. The molecule has 1 rings (SSSR count). The van der Waals surface area contributed by atoms with Gasteiger partial charge in [-0.25, -0.2) is 0 Å². The summed E-state index contributed by atoms with van der Waals surface area (Å²) in [7, 11) is 0. The Kier molecular flexibility index (Phi) is 3.06. The zero-order valence-electron chi connectivity index (χ0n) is 6.40. The van der Waals surface area contributed by atoms with Crippen LogP contribution in [0.15, 0.2) is 22.7 Å². The zero-order chi connectivity index (χ0) is 8.27. The summed E-state index contributed by atoms with van der Waals surface area (Å²) in [4.78, 5) is 0. The van der Waals surface area contributed by atoms with Gasteiger partial charge in [-0.1, -0.05) is 28.1 Å². The third-order valence-corrected chi connectivity index (χ3v) is 2.31. The van der Waals surface area contributed by atoms with Gasteiger partial charge < -0.3 is 0 Å². The Balaban J connectivity index is 2.90. The van der Waals surface area contributed by atoms with Gasteiger partial charge in [0.1, 0.15) is 0 Å². The highest BCUT2D eigenvalue weighted by molar-refractivity contribution is 9.10. The molecule has 0 aliphatic rings. The molecule has 60 valence electrons. The Bertz CT molecular complexity index is 245. The normalized spacial score (nSPS) is 10.1. The lowest BCUT2D eigenvalue weighted by Gasteiger charge is -2.01. The molecule has 0 nitrogen and oxygen atoms in total. The Morgan fingerprint density at radius 1 is 1.45 bits per heavy atom. The molecule has 2 heteroatoms. The largest absolute Gasteiger partial charge is 0.251 e. The standard InChI is InChI=1S/C9H10BrF/c1-7-2-3-8(4-5-11)9(10)6-7/h2-3,6H,4-5H2,1H3. The molecular weight excluding hydrogens is 207 g/mol. The summed E-state index contributed by atoms with van der Waals surface area (Å²) in [5, 5.41) is 0. The Labute approximate surface area is 74.6 Å². The molecule has 0 bridgehead atoms. The SMILES string of the molecule is Cc1ccc(CCF)c(Br)c1. The molecule has 0 radical (unpaired) electrons. The van der Waals surface area contributed by atoms with Crippen molar-refractivity contribution < 1.29 is 4.39 Å². The molecule has 0 fully saturated rings. The molecule has 0 aliphatic heterocycles. The predicted molar refractivity (Wildman–Crippen MR) is 48.6 cm³/mol. The van der Waals surface area contributed by atoms with E-state index in [4.69, 9.17) is 0 Å². The van der Waals surface area contributed by atoms with Crippen LogP contribution >= 0.6 is 15.9 Å². The van der Waals surface area contributed by atoms with Gasteiger partial charge in [0.2, 0.25) is 0 Å². The average Bonchev–Trinajstić information content (AvgIpc) is 1.95. The number of alkyl halides is 1. The van der Waals surface area contributed by atoms with Crippen molar-refractivity contribution in [1.82, 2.24) is 0 Å². The van der Waals surface area contributed by atoms with Gasteiger partial charge in [0.05, 0.1) is 6.67 Å². The van der Waals surface area contributed by atoms with Crippen LogP contribution in [0.5, 0.6) is 0 Å². The summed E-state index contributed by atoms with van der Waals surface area (Å²) in [6, 6.07) is 5.96. The highest BCUT2D eigenvalue weighted by atomic mass is 79.9. The molecule has 0 saturated heterocycles. The minimum absolute atomic E-state index is 0.290. The summed E-state index contributed by atoms with van der Waals surface area (Å²) in [6.45, 7) is 1.73. The second-order valence-corrected chi connectivity index (χ2v) is 3.39. The number of aryl methyl sites for hydroxylation is 2. The molecular formula is C9H10BrF. The molecule has 0 atom stereocenters. The van der Waals surface area contributed by atoms with Gasteiger partial charge in [-0.05, 0) is 24.1 Å². The first-order chi connectivity index (χ1) is 5.24. The van der Waals surface area contributed by atoms with Crippen LogP contribution in [-0.2, 0) is 6.42 Å². The molecule has 0 aromatic heterocycles. The molecule has 0 unspecified atom stereocenters. The fourth-order valence-corrected chi connectivity index (χ4v) is 1.65. The maximum absolute atomic E-state index is 11.9. The Morgan fingerprint density at radius 2 is 2.18 bits per heavy atom. The van der Waals surface area contributed by atoms with Crippen LogP contribution in [0.3, 0.4) is 0 Å². The van der Waals surface area contributed by atoms with E-state index < -0.39 is 0 Å². The Hall–Kier alpha value is -0.370. The van der Waals surface area contributed by atoms with Crippen molar-refractivity contribution in [3.8, 4) is 0 Å². The minimum Gasteiger partial charge on any atom is -0.251 e. The van der Waals surface area contributed by atoms with Gasteiger partial charge >= 0.3 is 0 Å². The van der Waals surface area contributed by atoms with Gasteiger partial charge in [-0.2, -0.15) is 0 Å². The minimum atomic E-state index is -0.290. The van der Waals surface area contributed by atoms with Crippen LogP contribution in [-0.4, -0.2) is 6.67 Å². The summed E-state index contributed by atoms with van der Waals surface area (Å²) in [5.41, 5.74) is 2.23. The lowest BCUT2D eigenvalue weighted by atomic mass is 10.1. The highest BCUT2D eigenvalue weighted by Gasteiger charge is 1.98. The van der Waals surface area contributed by atoms with E-state index in [1.54, 1.807) is 0 Å². The fraction of sp³-hybridized carbons (Fsp3) is 0.333. The van der Waals surface area contributed by atoms with Crippen molar-refractivity contribution in [1.29, 1.82) is 0 Å². The van der Waals surface area contributed by atoms with Crippen molar-refractivity contribution in [3.05, 3.63) is 33.8 Å². The lowest BCUT2D eigenvalue weighted by molar-refractivity contribution is 0.495. The third-order valence-electron chi connectivity index (χ3n) is 1.57. The van der Waals surface area contributed by atoms with Crippen molar-refractivity contribution in [2.75, 3.05) is 6.67 Å². The van der Waals surface area contributed by atoms with Gasteiger partial charge in [0, 0.05) is 10.9 Å². The van der Waals surface area contributed by atoms with Crippen LogP contribution in [0.25, 0.3) is 0 Å². The van der Waals surface area contributed by atoms with Gasteiger partial charge in [0.25, 0.3) is 0 Å². The maximum atomic E-state index is 11.9. The quantitative estimate of drug-likeness (QED) is 0.713. The third kappa shape index (κ3) is 2.29. The average molecular weight is 217 g/mol. The van der Waals surface area contributed by atoms with E-state index in [1.165, 1.54) is 5.56 Å². The summed E-state index contributed by atoms with van der Waals surface area (Å²) in [6.07, 6.45) is 0.501. The molecule has 0 heterocycles. The molecule has 1 aromatic rings. The summed E-state index contributed by atoms with van der Waals surface area (Å²) >= 11 is 3.38. The van der Waals surface area contributed by atoms with Gasteiger partial charge in [0.15, 0.2) is 0 Å². The van der Waals surface area contributed by atoms with Crippen LogP contribution in [0, 0.1) is 6.92 Å². The maximum Gasteiger partial charge on any atom is 0.0935 e. The van der Waals surface area contributed by atoms with Gasteiger partial charge in [-0.3, -0.25) is 4.39 Å². The van der Waals surface area contributed by atoms with Crippen molar-refractivity contribution in [2.45, 2.75) is 13.3 Å². The van der Waals surface area contributed by atoms with E-state index in [-0.39, 0.29) is 6.67 Å². The van der Waals surface area contributed by atoms with E-state index in [0.29, 0.717) is 6.42 Å². The summed E-state index contributed by atoms with van der Waals surface area (Å²) in [5.74, 6) is 0. The molecule has 11 heavy (non-hydrogen) atoms. The number of hydrogen-bond acceptors (Lipinski definition) is 0. The molecule has 0 aliphatic carbocycles. The van der Waals surface area contributed by atoms with Crippen molar-refractivity contribution in [3.63, 3.8) is 0 Å². The Morgan fingerprint density at radius 3 is 2.73 bits per heavy atom. The molecule has 0 saturated carbocycles. The fourth-order valence-electron chi connectivity index (χ4n) is 0.957. The van der Waals surface area contributed by atoms with E-state index in [2.05, 4.69) is 15.9 Å². The van der Waals surface area contributed by atoms with E-state index >= 15 is 0 Å². The molecule has 0 amide bonds. The van der Waals surface area contributed by atoms with Crippen molar-refractivity contribution in [2.24, 2.45) is 0 Å².